The molecule has 27 heavy (non-hydrogen) atoms. The molecule has 0 saturated carbocycles. The summed E-state index contributed by atoms with van der Waals surface area (Å²) in [6.07, 6.45) is 0. The molecule has 0 spiro atoms. The van der Waals surface area contributed by atoms with Crippen molar-refractivity contribution >= 4 is 28.3 Å². The maximum absolute atomic E-state index is 13.1. The summed E-state index contributed by atoms with van der Waals surface area (Å²) in [6.45, 7) is 0.440. The third kappa shape index (κ3) is 3.67. The van der Waals surface area contributed by atoms with Crippen molar-refractivity contribution in [1.82, 2.24) is 0 Å². The van der Waals surface area contributed by atoms with Gasteiger partial charge in [-0.15, -0.1) is 0 Å². The Labute approximate surface area is 155 Å². The lowest BCUT2D eigenvalue weighted by Gasteiger charge is -2.08. The molecule has 0 atom stereocenters. The lowest BCUT2D eigenvalue weighted by atomic mass is 10.2. The van der Waals surface area contributed by atoms with Gasteiger partial charge in [-0.2, -0.15) is 0 Å². The first-order valence-electron chi connectivity index (χ1n) is 8.57. The Morgan fingerprint density at radius 3 is 2.37 bits per heavy atom. The summed E-state index contributed by atoms with van der Waals surface area (Å²) in [5, 5.41) is 6.92. The van der Waals surface area contributed by atoms with E-state index in [9.17, 15) is 9.18 Å². The Morgan fingerprint density at radius 2 is 1.59 bits per heavy atom. The third-order valence-corrected chi connectivity index (χ3v) is 4.22. The molecule has 0 saturated heterocycles. The Balaban J connectivity index is 1.64. The second kappa shape index (κ2) is 7.33. The van der Waals surface area contributed by atoms with E-state index < -0.39 is 0 Å². The first-order chi connectivity index (χ1) is 13.2. The van der Waals surface area contributed by atoms with Crippen molar-refractivity contribution in [3.63, 3.8) is 0 Å². The number of benzene rings is 3. The molecule has 0 aliphatic carbocycles. The molecule has 2 N–H and O–H groups in total. The van der Waals surface area contributed by atoms with Crippen molar-refractivity contribution in [2.75, 3.05) is 10.6 Å². The van der Waals surface area contributed by atoms with Gasteiger partial charge in [0.25, 0.3) is 5.91 Å². The lowest BCUT2D eigenvalue weighted by Crippen LogP contribution is -2.13. The molecule has 3 aromatic carbocycles. The van der Waals surface area contributed by atoms with Gasteiger partial charge in [0.15, 0.2) is 0 Å². The highest BCUT2D eigenvalue weighted by Crippen LogP contribution is 2.32. The first kappa shape index (κ1) is 16.8. The molecule has 0 aliphatic rings. The Hall–Kier alpha value is -3.60. The fourth-order valence-corrected chi connectivity index (χ4v) is 2.88. The van der Waals surface area contributed by atoms with Crippen LogP contribution in [0.1, 0.15) is 16.1 Å². The standard InChI is InChI=1S/C22H17FN2O2/c23-16-12-10-15(11-13-16)14-24-20-18-8-4-5-9-19(18)27-21(20)22(26)25-17-6-2-1-3-7-17/h1-13,24H,14H2,(H,25,26). The number of para-hydroxylation sites is 2. The fourth-order valence-electron chi connectivity index (χ4n) is 2.88. The van der Waals surface area contributed by atoms with Crippen LogP contribution in [0.5, 0.6) is 0 Å². The van der Waals surface area contributed by atoms with Crippen LogP contribution >= 0.6 is 0 Å². The summed E-state index contributed by atoms with van der Waals surface area (Å²) in [5.41, 5.74) is 2.82. The molecule has 0 bridgehead atoms. The maximum Gasteiger partial charge on any atom is 0.293 e. The van der Waals surface area contributed by atoms with E-state index in [0.717, 1.165) is 10.9 Å². The summed E-state index contributed by atoms with van der Waals surface area (Å²) in [5.74, 6) is -0.406. The summed E-state index contributed by atoms with van der Waals surface area (Å²) < 4.78 is 18.9. The van der Waals surface area contributed by atoms with Gasteiger partial charge in [0, 0.05) is 17.6 Å². The van der Waals surface area contributed by atoms with E-state index in [1.807, 2.05) is 54.6 Å². The zero-order valence-corrected chi connectivity index (χ0v) is 14.4. The number of carbonyl (C=O) groups is 1. The number of nitrogens with one attached hydrogen (secondary N) is 2. The van der Waals surface area contributed by atoms with E-state index in [1.165, 1.54) is 12.1 Å². The first-order valence-corrected chi connectivity index (χ1v) is 8.57. The van der Waals surface area contributed by atoms with Crippen LogP contribution < -0.4 is 10.6 Å². The van der Waals surface area contributed by atoms with Crippen LogP contribution in [-0.2, 0) is 6.54 Å². The highest BCUT2D eigenvalue weighted by molar-refractivity contribution is 6.11. The number of carbonyl (C=O) groups excluding carboxylic acids is 1. The average molecular weight is 360 g/mol. The van der Waals surface area contributed by atoms with Gasteiger partial charge in [-0.25, -0.2) is 4.39 Å². The Morgan fingerprint density at radius 1 is 0.889 bits per heavy atom. The molecule has 4 aromatic rings. The van der Waals surface area contributed by atoms with Gasteiger partial charge in [-0.05, 0) is 42.0 Å². The van der Waals surface area contributed by atoms with Crippen LogP contribution in [0, 0.1) is 5.82 Å². The molecule has 1 aromatic heterocycles. The molecule has 0 fully saturated rings. The summed E-state index contributed by atoms with van der Waals surface area (Å²) in [6, 6.07) is 22.9. The van der Waals surface area contributed by atoms with Gasteiger partial charge in [0.2, 0.25) is 5.76 Å². The van der Waals surface area contributed by atoms with Crippen molar-refractivity contribution < 1.29 is 13.6 Å². The highest BCUT2D eigenvalue weighted by Gasteiger charge is 2.20. The smallest absolute Gasteiger partial charge is 0.293 e. The number of fused-ring (bicyclic) bond motifs is 1. The van der Waals surface area contributed by atoms with Crippen molar-refractivity contribution in [2.45, 2.75) is 6.54 Å². The maximum atomic E-state index is 13.1. The fraction of sp³-hybridized carbons (Fsp3) is 0.0455. The van der Waals surface area contributed by atoms with Crippen LogP contribution in [0.4, 0.5) is 15.8 Å². The van der Waals surface area contributed by atoms with Crippen molar-refractivity contribution in [3.8, 4) is 0 Å². The summed E-state index contributed by atoms with van der Waals surface area (Å²) in [7, 11) is 0. The number of hydrogen-bond acceptors (Lipinski definition) is 3. The molecule has 5 heteroatoms. The van der Waals surface area contributed by atoms with Gasteiger partial charge in [-0.3, -0.25) is 4.79 Å². The molecule has 4 rings (SSSR count). The molecule has 4 nitrogen and oxygen atoms in total. The van der Waals surface area contributed by atoms with Crippen molar-refractivity contribution in [1.29, 1.82) is 0 Å². The number of hydrogen-bond donors (Lipinski definition) is 2. The predicted molar refractivity (Wildman–Crippen MR) is 104 cm³/mol. The van der Waals surface area contributed by atoms with Crippen LogP contribution in [0.15, 0.2) is 83.3 Å². The largest absolute Gasteiger partial charge is 0.449 e. The molecular formula is C22H17FN2O2. The van der Waals surface area contributed by atoms with E-state index in [2.05, 4.69) is 10.6 Å². The second-order valence-electron chi connectivity index (χ2n) is 6.10. The molecule has 0 aliphatic heterocycles. The number of halogens is 1. The van der Waals surface area contributed by atoms with Crippen LogP contribution in [0.2, 0.25) is 0 Å². The highest BCUT2D eigenvalue weighted by atomic mass is 19.1. The van der Waals surface area contributed by atoms with Gasteiger partial charge < -0.3 is 15.1 Å². The van der Waals surface area contributed by atoms with E-state index >= 15 is 0 Å². The predicted octanol–water partition coefficient (Wildman–Crippen LogP) is 5.44. The van der Waals surface area contributed by atoms with Crippen LogP contribution in [0.25, 0.3) is 11.0 Å². The van der Waals surface area contributed by atoms with Gasteiger partial charge in [0.1, 0.15) is 11.4 Å². The number of furan rings is 1. The molecule has 1 heterocycles. The van der Waals surface area contributed by atoms with Crippen molar-refractivity contribution in [2.24, 2.45) is 0 Å². The SMILES string of the molecule is O=C(Nc1ccccc1)c1oc2ccccc2c1NCc1ccc(F)cc1. The molecule has 134 valence electrons. The molecule has 0 radical (unpaired) electrons. The monoisotopic (exact) mass is 360 g/mol. The van der Waals surface area contributed by atoms with Crippen LogP contribution in [0.3, 0.4) is 0 Å². The van der Waals surface area contributed by atoms with Gasteiger partial charge >= 0.3 is 0 Å². The van der Waals surface area contributed by atoms with Crippen molar-refractivity contribution in [3.05, 3.63) is 96.0 Å². The minimum Gasteiger partial charge on any atom is -0.449 e. The summed E-state index contributed by atoms with van der Waals surface area (Å²) in [4.78, 5) is 12.8. The minimum atomic E-state index is -0.334. The van der Waals surface area contributed by atoms with Gasteiger partial charge in [-0.1, -0.05) is 42.5 Å². The molecule has 1 amide bonds. The average Bonchev–Trinajstić information content (AvgIpc) is 3.07. The minimum absolute atomic E-state index is 0.210. The number of rotatable bonds is 5. The number of anilines is 2. The second-order valence-corrected chi connectivity index (χ2v) is 6.10. The number of amides is 1. The molecule has 0 unspecified atom stereocenters. The zero-order chi connectivity index (χ0) is 18.6. The normalized spacial score (nSPS) is 10.7. The Kier molecular flexibility index (Phi) is 4.58. The zero-order valence-electron chi connectivity index (χ0n) is 14.4. The van der Waals surface area contributed by atoms with E-state index in [4.69, 9.17) is 4.42 Å². The van der Waals surface area contributed by atoms with Gasteiger partial charge in [0.05, 0.1) is 5.69 Å². The van der Waals surface area contributed by atoms with E-state index in [-0.39, 0.29) is 17.5 Å². The van der Waals surface area contributed by atoms with Crippen LogP contribution in [-0.4, -0.2) is 5.91 Å². The van der Waals surface area contributed by atoms with E-state index in [0.29, 0.717) is 23.5 Å². The third-order valence-electron chi connectivity index (χ3n) is 4.22. The molecular weight excluding hydrogens is 343 g/mol. The lowest BCUT2D eigenvalue weighted by molar-refractivity contribution is 0.0999. The summed E-state index contributed by atoms with van der Waals surface area (Å²) >= 11 is 0. The Bertz CT molecular complexity index is 1070. The quantitative estimate of drug-likeness (QED) is 0.498. The topological polar surface area (TPSA) is 54.3 Å². The van der Waals surface area contributed by atoms with E-state index in [1.54, 1.807) is 12.1 Å².